The number of piperidine rings is 1. The molecule has 0 aromatic carbocycles. The third kappa shape index (κ3) is 2.42. The monoisotopic (exact) mass is 330 g/mol. The predicted molar refractivity (Wildman–Crippen MR) is 94.4 cm³/mol. The van der Waals surface area contributed by atoms with Crippen LogP contribution in [0.1, 0.15) is 38.2 Å². The lowest BCUT2D eigenvalue weighted by molar-refractivity contribution is 0.0907. The maximum atomic E-state index is 12.5. The fraction of sp³-hybridized carbons (Fsp3) is 0.647. The number of hydrogen-bond donors (Lipinski definition) is 3. The summed E-state index contributed by atoms with van der Waals surface area (Å²) in [7, 11) is 0. The summed E-state index contributed by atoms with van der Waals surface area (Å²) in [6.07, 6.45) is 6.32. The van der Waals surface area contributed by atoms with Crippen LogP contribution in [0.25, 0.3) is 0 Å². The van der Waals surface area contributed by atoms with Crippen molar-refractivity contribution < 1.29 is 4.79 Å². The number of carbonyl (C=O) groups is 1. The number of nitrogens with one attached hydrogen (secondary N) is 3. The van der Waals surface area contributed by atoms with Gasteiger partial charge in [0, 0.05) is 32.4 Å². The topological polar surface area (TPSA) is 75.8 Å². The van der Waals surface area contributed by atoms with E-state index in [1.165, 1.54) is 0 Å². The normalized spacial score (nSPS) is 26.1. The molecule has 24 heavy (non-hydrogen) atoms. The van der Waals surface area contributed by atoms with Gasteiger partial charge in [-0.05, 0) is 38.7 Å². The number of rotatable bonds is 1. The van der Waals surface area contributed by atoms with Gasteiger partial charge in [0.2, 0.25) is 0 Å². The van der Waals surface area contributed by atoms with E-state index in [0.717, 1.165) is 62.5 Å². The number of amidine groups is 1. The first-order valence-corrected chi connectivity index (χ1v) is 9.00. The molecule has 2 amide bonds. The first kappa shape index (κ1) is 15.4. The van der Waals surface area contributed by atoms with Crippen LogP contribution in [-0.4, -0.2) is 65.0 Å². The average molecular weight is 330 g/mol. The van der Waals surface area contributed by atoms with Gasteiger partial charge < -0.3 is 25.4 Å². The maximum absolute atomic E-state index is 12.5. The average Bonchev–Trinajstić information content (AvgIpc) is 3.22. The quantitative estimate of drug-likeness (QED) is 0.735. The van der Waals surface area contributed by atoms with E-state index in [1.807, 2.05) is 13.1 Å². The number of anilines is 1. The van der Waals surface area contributed by atoms with Crippen LogP contribution in [0.2, 0.25) is 0 Å². The van der Waals surface area contributed by atoms with Crippen molar-refractivity contribution in [1.82, 2.24) is 20.1 Å². The number of aromatic amines is 1. The molecule has 0 aliphatic carbocycles. The van der Waals surface area contributed by atoms with Gasteiger partial charge in [-0.2, -0.15) is 0 Å². The smallest absolute Gasteiger partial charge is 0.317 e. The molecule has 3 aliphatic heterocycles. The van der Waals surface area contributed by atoms with Gasteiger partial charge >= 0.3 is 6.03 Å². The van der Waals surface area contributed by atoms with Crippen LogP contribution in [0.4, 0.5) is 10.6 Å². The first-order valence-electron chi connectivity index (χ1n) is 9.00. The van der Waals surface area contributed by atoms with Crippen molar-refractivity contribution in [3.8, 4) is 0 Å². The van der Waals surface area contributed by atoms with Crippen molar-refractivity contribution in [2.45, 2.75) is 38.1 Å². The molecule has 4 heterocycles. The molecule has 0 radical (unpaired) electrons. The first-order chi connectivity index (χ1) is 11.7. The minimum atomic E-state index is -0.0403. The molecule has 7 nitrogen and oxygen atoms in total. The Morgan fingerprint density at radius 3 is 3.04 bits per heavy atom. The fourth-order valence-electron chi connectivity index (χ4n) is 4.47. The highest BCUT2D eigenvalue weighted by molar-refractivity contribution is 6.04. The van der Waals surface area contributed by atoms with Gasteiger partial charge in [0.15, 0.2) is 0 Å². The van der Waals surface area contributed by atoms with Crippen molar-refractivity contribution in [2.75, 3.05) is 38.2 Å². The van der Waals surface area contributed by atoms with E-state index in [9.17, 15) is 4.79 Å². The molecule has 1 aromatic heterocycles. The zero-order valence-electron chi connectivity index (χ0n) is 14.3. The second kappa shape index (κ2) is 6.03. The Kier molecular flexibility index (Phi) is 3.86. The summed E-state index contributed by atoms with van der Waals surface area (Å²) in [6, 6.07) is 2.17. The van der Waals surface area contributed by atoms with Crippen LogP contribution in [-0.2, 0) is 0 Å². The summed E-state index contributed by atoms with van der Waals surface area (Å²) in [5, 5.41) is 6.26. The number of hydrogen-bond acceptors (Lipinski definition) is 4. The molecular formula is C17H26N6O. The van der Waals surface area contributed by atoms with E-state index in [0.29, 0.717) is 13.2 Å². The van der Waals surface area contributed by atoms with Gasteiger partial charge in [0.25, 0.3) is 0 Å². The minimum absolute atomic E-state index is 0.0403. The van der Waals surface area contributed by atoms with Crippen LogP contribution < -0.4 is 10.6 Å². The number of aromatic nitrogens is 1. The molecule has 0 saturated carbocycles. The molecule has 1 aromatic rings. The maximum Gasteiger partial charge on any atom is 0.317 e. The van der Waals surface area contributed by atoms with Crippen molar-refractivity contribution in [3.05, 3.63) is 17.8 Å². The minimum Gasteiger partial charge on any atom is -0.354 e. The molecular weight excluding hydrogens is 304 g/mol. The van der Waals surface area contributed by atoms with Crippen LogP contribution in [0.3, 0.4) is 0 Å². The Morgan fingerprint density at radius 2 is 2.21 bits per heavy atom. The largest absolute Gasteiger partial charge is 0.354 e. The number of H-pyrrole nitrogens is 1. The van der Waals surface area contributed by atoms with E-state index in [1.54, 1.807) is 0 Å². The molecule has 3 N–H and O–H groups in total. The molecule has 130 valence electrons. The predicted octanol–water partition coefficient (Wildman–Crippen LogP) is 1.80. The van der Waals surface area contributed by atoms with E-state index in [4.69, 9.17) is 4.99 Å². The van der Waals surface area contributed by atoms with E-state index >= 15 is 0 Å². The number of amides is 2. The van der Waals surface area contributed by atoms with E-state index < -0.39 is 0 Å². The van der Waals surface area contributed by atoms with Gasteiger partial charge in [-0.25, -0.2) is 9.79 Å². The highest BCUT2D eigenvalue weighted by Crippen LogP contribution is 2.38. The van der Waals surface area contributed by atoms with Crippen molar-refractivity contribution in [2.24, 2.45) is 4.99 Å². The summed E-state index contributed by atoms with van der Waals surface area (Å²) in [4.78, 5) is 24.9. The van der Waals surface area contributed by atoms with E-state index in [2.05, 4.69) is 31.5 Å². The molecule has 1 unspecified atom stereocenters. The van der Waals surface area contributed by atoms with Crippen LogP contribution in [0.15, 0.2) is 17.3 Å². The Morgan fingerprint density at radius 1 is 1.38 bits per heavy atom. The number of aliphatic imine (C=N–C) groups is 1. The number of nitrogens with zero attached hydrogens (tertiary/aromatic N) is 3. The molecule has 1 atom stereocenters. The van der Waals surface area contributed by atoms with Gasteiger partial charge in [0.05, 0.1) is 11.1 Å². The second-order valence-electron chi connectivity index (χ2n) is 6.92. The third-order valence-corrected chi connectivity index (χ3v) is 5.50. The highest BCUT2D eigenvalue weighted by atomic mass is 16.2. The van der Waals surface area contributed by atoms with Crippen LogP contribution >= 0.6 is 0 Å². The lowest BCUT2D eigenvalue weighted by Crippen LogP contribution is -2.60. The third-order valence-electron chi connectivity index (χ3n) is 5.50. The lowest BCUT2D eigenvalue weighted by Gasteiger charge is -2.47. The molecule has 0 bridgehead atoms. The van der Waals surface area contributed by atoms with E-state index in [-0.39, 0.29) is 11.6 Å². The fourth-order valence-corrected chi connectivity index (χ4v) is 4.47. The Labute approximate surface area is 142 Å². The molecule has 7 heteroatoms. The Balaban J connectivity index is 1.58. The number of likely N-dealkylation sites (tertiary alicyclic amines) is 2. The van der Waals surface area contributed by atoms with Gasteiger partial charge in [-0.15, -0.1) is 0 Å². The van der Waals surface area contributed by atoms with Crippen molar-refractivity contribution in [3.63, 3.8) is 0 Å². The number of fused-ring (bicyclic) bond motifs is 1. The van der Waals surface area contributed by atoms with Gasteiger partial charge in [-0.1, -0.05) is 0 Å². The summed E-state index contributed by atoms with van der Waals surface area (Å²) >= 11 is 0. The summed E-state index contributed by atoms with van der Waals surface area (Å²) in [5.41, 5.74) is 1.10. The van der Waals surface area contributed by atoms with Gasteiger partial charge in [0.1, 0.15) is 18.3 Å². The van der Waals surface area contributed by atoms with Gasteiger partial charge in [-0.3, -0.25) is 0 Å². The Hall–Kier alpha value is -2.18. The summed E-state index contributed by atoms with van der Waals surface area (Å²) in [6.45, 7) is 6.02. The molecule has 1 spiro atoms. The van der Waals surface area contributed by atoms with Crippen LogP contribution in [0, 0.1) is 0 Å². The zero-order chi connectivity index (χ0) is 16.6. The number of carbonyl (C=O) groups excluding carboxylic acids is 1. The van der Waals surface area contributed by atoms with Crippen molar-refractivity contribution in [1.29, 1.82) is 0 Å². The highest BCUT2D eigenvalue weighted by Gasteiger charge is 2.47. The standard InChI is InChI=1S/C17H26N6O/c1-2-18-16(24)23-10-4-7-17(23)6-3-9-22(11-17)15-13-5-8-19-14(13)20-12-21-15/h5,8,19-20H,2-4,6-7,9-12H2,1H3,(H,18,24). The number of urea groups is 1. The SMILES string of the molecule is CCNC(=O)N1CCCC12CCCN(C1=NCNc3[nH]ccc31)C2. The molecule has 3 aliphatic rings. The van der Waals surface area contributed by atoms with Crippen LogP contribution in [0.5, 0.6) is 0 Å². The molecule has 2 saturated heterocycles. The summed E-state index contributed by atoms with van der Waals surface area (Å²) < 4.78 is 0. The lowest BCUT2D eigenvalue weighted by atomic mass is 9.86. The van der Waals surface area contributed by atoms with Crippen molar-refractivity contribution >= 4 is 17.7 Å². The molecule has 4 rings (SSSR count). The second-order valence-corrected chi connectivity index (χ2v) is 6.92. The molecule has 2 fully saturated rings. The zero-order valence-corrected chi connectivity index (χ0v) is 14.3. The summed E-state index contributed by atoms with van der Waals surface area (Å²) in [5.74, 6) is 2.11. The Bertz CT molecular complexity index is 653.